The fraction of sp³-hybridized carbons (Fsp3) is 0.750. The summed E-state index contributed by atoms with van der Waals surface area (Å²) >= 11 is 1.74. The zero-order valence-electron chi connectivity index (χ0n) is 10.6. The van der Waals surface area contributed by atoms with Gasteiger partial charge in [0.15, 0.2) is 0 Å². The van der Waals surface area contributed by atoms with Gasteiger partial charge in [-0.1, -0.05) is 6.42 Å². The molecule has 1 heterocycles. The molecular weight excluding hydrogens is 218 g/mol. The maximum absolute atomic E-state index is 4.48. The van der Waals surface area contributed by atoms with Crippen LogP contribution < -0.4 is 5.32 Å². The molecule has 0 fully saturated rings. The monoisotopic (exact) mass is 241 g/mol. The molecule has 1 N–H and O–H groups in total. The Balaban J connectivity index is 2.09. The normalized spacial score (nSPS) is 11.2. The largest absolute Gasteiger partial charge is 0.320 e. The van der Waals surface area contributed by atoms with Crippen LogP contribution in [0.15, 0.2) is 5.38 Å². The molecule has 0 aromatic carbocycles. The van der Waals surface area contributed by atoms with Crippen molar-refractivity contribution in [3.05, 3.63) is 16.1 Å². The highest BCUT2D eigenvalue weighted by Gasteiger charge is 2.02. The Morgan fingerprint density at radius 1 is 1.38 bits per heavy atom. The summed E-state index contributed by atoms with van der Waals surface area (Å²) in [5.74, 6) is 0. The van der Waals surface area contributed by atoms with Crippen LogP contribution in [0.3, 0.4) is 0 Å². The molecule has 0 amide bonds. The summed E-state index contributed by atoms with van der Waals surface area (Å²) in [7, 11) is 4.18. The molecule has 0 saturated heterocycles. The third kappa shape index (κ3) is 5.58. The number of rotatable bonds is 8. The molecule has 0 aliphatic carbocycles. The van der Waals surface area contributed by atoms with E-state index in [1.807, 2.05) is 7.05 Å². The number of thiazole rings is 1. The Hall–Kier alpha value is -0.450. The van der Waals surface area contributed by atoms with Crippen molar-refractivity contribution in [2.75, 3.05) is 27.2 Å². The van der Waals surface area contributed by atoms with E-state index in [-0.39, 0.29) is 0 Å². The molecule has 4 heteroatoms. The van der Waals surface area contributed by atoms with Gasteiger partial charge in [0.05, 0.1) is 10.7 Å². The molecule has 0 unspecified atom stereocenters. The molecule has 3 nitrogen and oxygen atoms in total. The minimum atomic E-state index is 0.983. The van der Waals surface area contributed by atoms with Gasteiger partial charge >= 0.3 is 0 Å². The molecule has 0 radical (unpaired) electrons. The molecule has 0 atom stereocenters. The van der Waals surface area contributed by atoms with Crippen molar-refractivity contribution in [3.8, 4) is 0 Å². The Labute approximate surface area is 103 Å². The topological polar surface area (TPSA) is 28.2 Å². The summed E-state index contributed by atoms with van der Waals surface area (Å²) < 4.78 is 0. The number of unbranched alkanes of at least 4 members (excludes halogenated alkanes) is 2. The molecular formula is C12H23N3S. The van der Waals surface area contributed by atoms with Gasteiger partial charge in [0.1, 0.15) is 0 Å². The van der Waals surface area contributed by atoms with E-state index in [1.165, 1.54) is 31.5 Å². The van der Waals surface area contributed by atoms with E-state index in [0.717, 1.165) is 18.1 Å². The van der Waals surface area contributed by atoms with Gasteiger partial charge in [0.2, 0.25) is 0 Å². The second kappa shape index (κ2) is 7.76. The van der Waals surface area contributed by atoms with Crippen molar-refractivity contribution in [3.63, 3.8) is 0 Å². The van der Waals surface area contributed by atoms with Crippen molar-refractivity contribution >= 4 is 11.3 Å². The van der Waals surface area contributed by atoms with E-state index in [9.17, 15) is 0 Å². The molecule has 1 rings (SSSR count). The Morgan fingerprint density at radius 3 is 2.81 bits per heavy atom. The summed E-state index contributed by atoms with van der Waals surface area (Å²) in [6.07, 6.45) is 3.86. The molecule has 92 valence electrons. The van der Waals surface area contributed by atoms with E-state index in [0.29, 0.717) is 0 Å². The van der Waals surface area contributed by atoms with Crippen LogP contribution in [-0.2, 0) is 6.54 Å². The SMILES string of the molecule is CNCCCCCN(C)Cc1csc(C)n1. The third-order valence-corrected chi connectivity index (χ3v) is 3.39. The Morgan fingerprint density at radius 2 is 2.19 bits per heavy atom. The van der Waals surface area contributed by atoms with Gasteiger partial charge in [-0.15, -0.1) is 11.3 Å². The van der Waals surface area contributed by atoms with Gasteiger partial charge in [-0.25, -0.2) is 4.98 Å². The zero-order valence-corrected chi connectivity index (χ0v) is 11.4. The quantitative estimate of drug-likeness (QED) is 0.708. The van der Waals surface area contributed by atoms with Crippen LogP contribution in [-0.4, -0.2) is 37.1 Å². The minimum Gasteiger partial charge on any atom is -0.320 e. The first kappa shape index (κ1) is 13.6. The fourth-order valence-electron chi connectivity index (χ4n) is 1.70. The van der Waals surface area contributed by atoms with Gasteiger partial charge in [0, 0.05) is 11.9 Å². The van der Waals surface area contributed by atoms with Crippen molar-refractivity contribution in [1.29, 1.82) is 0 Å². The highest BCUT2D eigenvalue weighted by atomic mass is 32.1. The van der Waals surface area contributed by atoms with Gasteiger partial charge in [-0.3, -0.25) is 0 Å². The summed E-state index contributed by atoms with van der Waals surface area (Å²) in [6, 6.07) is 0. The van der Waals surface area contributed by atoms with E-state index in [1.54, 1.807) is 11.3 Å². The van der Waals surface area contributed by atoms with Crippen LogP contribution in [0.25, 0.3) is 0 Å². The molecule has 0 saturated carbocycles. The standard InChI is InChI=1S/C12H23N3S/c1-11-14-12(10-16-11)9-15(3)8-6-4-5-7-13-2/h10,13H,4-9H2,1-3H3. The predicted octanol–water partition coefficient (Wildman–Crippen LogP) is 2.27. The minimum absolute atomic E-state index is 0.983. The number of nitrogens with one attached hydrogen (secondary N) is 1. The maximum atomic E-state index is 4.48. The number of aromatic nitrogens is 1. The predicted molar refractivity (Wildman–Crippen MR) is 71.0 cm³/mol. The lowest BCUT2D eigenvalue weighted by Gasteiger charge is -2.14. The molecule has 16 heavy (non-hydrogen) atoms. The molecule has 0 aliphatic heterocycles. The van der Waals surface area contributed by atoms with Gasteiger partial charge in [-0.05, 0) is 47.0 Å². The van der Waals surface area contributed by atoms with Gasteiger partial charge < -0.3 is 10.2 Å². The summed E-state index contributed by atoms with van der Waals surface area (Å²) in [6.45, 7) is 5.34. The number of aryl methyl sites for hydroxylation is 1. The molecule has 0 spiro atoms. The first-order chi connectivity index (χ1) is 7.72. The molecule has 0 bridgehead atoms. The second-order valence-corrected chi connectivity index (χ2v) is 5.32. The van der Waals surface area contributed by atoms with Crippen LogP contribution in [0.2, 0.25) is 0 Å². The highest BCUT2D eigenvalue weighted by molar-refractivity contribution is 7.09. The van der Waals surface area contributed by atoms with Gasteiger partial charge in [0.25, 0.3) is 0 Å². The Kier molecular flexibility index (Phi) is 6.61. The first-order valence-electron chi connectivity index (χ1n) is 5.96. The second-order valence-electron chi connectivity index (χ2n) is 4.26. The van der Waals surface area contributed by atoms with Crippen LogP contribution in [0.5, 0.6) is 0 Å². The number of hydrogen-bond donors (Lipinski definition) is 1. The van der Waals surface area contributed by atoms with E-state index >= 15 is 0 Å². The third-order valence-electron chi connectivity index (χ3n) is 2.57. The van der Waals surface area contributed by atoms with Crippen molar-refractivity contribution in [1.82, 2.24) is 15.2 Å². The summed E-state index contributed by atoms with van der Waals surface area (Å²) in [4.78, 5) is 6.83. The zero-order chi connectivity index (χ0) is 11.8. The molecule has 0 aliphatic rings. The number of nitrogens with zero attached hydrogens (tertiary/aromatic N) is 2. The fourth-order valence-corrected chi connectivity index (χ4v) is 2.30. The van der Waals surface area contributed by atoms with Crippen LogP contribution in [0.4, 0.5) is 0 Å². The van der Waals surface area contributed by atoms with E-state index < -0.39 is 0 Å². The van der Waals surface area contributed by atoms with Crippen molar-refractivity contribution in [2.24, 2.45) is 0 Å². The van der Waals surface area contributed by atoms with Crippen molar-refractivity contribution in [2.45, 2.75) is 32.7 Å². The lowest BCUT2D eigenvalue weighted by molar-refractivity contribution is 0.314. The first-order valence-corrected chi connectivity index (χ1v) is 6.84. The van der Waals surface area contributed by atoms with Crippen LogP contribution >= 0.6 is 11.3 Å². The summed E-state index contributed by atoms with van der Waals surface area (Å²) in [5, 5.41) is 6.50. The molecule has 1 aromatic rings. The lowest BCUT2D eigenvalue weighted by Crippen LogP contribution is -2.19. The maximum Gasteiger partial charge on any atom is 0.0897 e. The number of hydrogen-bond acceptors (Lipinski definition) is 4. The van der Waals surface area contributed by atoms with E-state index in [2.05, 4.69) is 34.6 Å². The van der Waals surface area contributed by atoms with Crippen molar-refractivity contribution < 1.29 is 0 Å². The van der Waals surface area contributed by atoms with E-state index in [4.69, 9.17) is 0 Å². The summed E-state index contributed by atoms with van der Waals surface area (Å²) in [5.41, 5.74) is 1.21. The Bertz CT molecular complexity index is 286. The van der Waals surface area contributed by atoms with Crippen LogP contribution in [0.1, 0.15) is 30.0 Å². The van der Waals surface area contributed by atoms with Crippen LogP contribution in [0, 0.1) is 6.92 Å². The average molecular weight is 241 g/mol. The average Bonchev–Trinajstić information content (AvgIpc) is 2.63. The van der Waals surface area contributed by atoms with Gasteiger partial charge in [-0.2, -0.15) is 0 Å². The smallest absolute Gasteiger partial charge is 0.0897 e. The highest BCUT2D eigenvalue weighted by Crippen LogP contribution is 2.10. The molecule has 1 aromatic heterocycles. The lowest BCUT2D eigenvalue weighted by atomic mass is 10.2.